The summed E-state index contributed by atoms with van der Waals surface area (Å²) in [4.78, 5) is 11.7. The number of aryl methyl sites for hydroxylation is 2. The summed E-state index contributed by atoms with van der Waals surface area (Å²) >= 11 is 0. The van der Waals surface area contributed by atoms with Crippen molar-refractivity contribution in [1.82, 2.24) is 20.5 Å². The Labute approximate surface area is 198 Å². The van der Waals surface area contributed by atoms with Crippen molar-refractivity contribution >= 4 is 29.9 Å². The first kappa shape index (κ1) is 27.1. The quantitative estimate of drug-likeness (QED) is 0.184. The van der Waals surface area contributed by atoms with E-state index >= 15 is 0 Å². The van der Waals surface area contributed by atoms with Gasteiger partial charge in [-0.2, -0.15) is 0 Å². The number of likely N-dealkylation sites (tertiary alicyclic amines) is 1. The van der Waals surface area contributed by atoms with E-state index < -0.39 is 0 Å². The highest BCUT2D eigenvalue weighted by Crippen LogP contribution is 2.20. The number of halogens is 1. The van der Waals surface area contributed by atoms with Crippen LogP contribution in [-0.2, 0) is 16.0 Å². The van der Waals surface area contributed by atoms with Crippen LogP contribution in [0.15, 0.2) is 9.41 Å². The zero-order valence-corrected chi connectivity index (χ0v) is 21.4. The zero-order valence-electron chi connectivity index (χ0n) is 19.0. The van der Waals surface area contributed by atoms with Crippen molar-refractivity contribution in [3.8, 4) is 0 Å². The molecule has 174 valence electrons. The molecule has 0 unspecified atom stereocenters. The summed E-state index contributed by atoms with van der Waals surface area (Å²) in [6.07, 6.45) is 3.27. The van der Waals surface area contributed by atoms with Gasteiger partial charge < -0.3 is 24.5 Å². The molecule has 2 heterocycles. The second-order valence-electron chi connectivity index (χ2n) is 7.57. The molecule has 1 aromatic rings. The molecule has 1 fully saturated rings. The molecule has 1 aromatic heterocycles. The van der Waals surface area contributed by atoms with Gasteiger partial charge in [-0.15, -0.1) is 24.0 Å². The van der Waals surface area contributed by atoms with Crippen LogP contribution in [0.3, 0.4) is 0 Å². The monoisotopic (exact) mass is 537 g/mol. The number of piperidine rings is 1. The number of nitrogens with one attached hydrogen (secondary N) is 2. The number of guanidine groups is 1. The summed E-state index contributed by atoms with van der Waals surface area (Å²) in [7, 11) is 1.69. The van der Waals surface area contributed by atoms with Crippen LogP contribution in [0.25, 0.3) is 0 Å². The van der Waals surface area contributed by atoms with E-state index in [1.807, 2.05) is 13.8 Å². The first-order chi connectivity index (χ1) is 14.1. The molecule has 0 atom stereocenters. The van der Waals surface area contributed by atoms with Crippen LogP contribution in [0, 0.1) is 19.8 Å². The van der Waals surface area contributed by atoms with Crippen LogP contribution in [0.5, 0.6) is 0 Å². The lowest BCUT2D eigenvalue weighted by Gasteiger charge is -2.30. The van der Waals surface area contributed by atoms with Gasteiger partial charge in [0.2, 0.25) is 5.89 Å². The number of aliphatic imine (C=N–C) groups is 1. The number of oxazole rings is 1. The lowest BCUT2D eigenvalue weighted by molar-refractivity contribution is 0.0698. The third-order valence-corrected chi connectivity index (χ3v) is 5.18. The Kier molecular flexibility index (Phi) is 14.3. The average molecular weight is 537 g/mol. The van der Waals surface area contributed by atoms with E-state index in [4.69, 9.17) is 18.9 Å². The maximum absolute atomic E-state index is 5.72. The van der Waals surface area contributed by atoms with E-state index in [0.29, 0.717) is 19.1 Å². The number of aromatic nitrogens is 1. The second kappa shape index (κ2) is 15.8. The molecular formula is C21H40IN5O3. The summed E-state index contributed by atoms with van der Waals surface area (Å²) in [5, 5.41) is 6.73. The minimum Gasteiger partial charge on any atom is -0.444 e. The van der Waals surface area contributed by atoms with Gasteiger partial charge in [-0.3, -0.25) is 9.89 Å². The SMILES string of the molecule is CCNC(=NCC1CCN(Cc2nc(C)c(C)o2)CC1)NCCCOCCOC.I. The average Bonchev–Trinajstić information content (AvgIpc) is 3.03. The molecule has 1 aliphatic rings. The molecule has 1 saturated heterocycles. The van der Waals surface area contributed by atoms with Crippen molar-refractivity contribution in [2.75, 3.05) is 59.7 Å². The number of hydrogen-bond acceptors (Lipinski definition) is 6. The van der Waals surface area contributed by atoms with Crippen LogP contribution in [0.1, 0.15) is 43.5 Å². The topological polar surface area (TPSA) is 84.2 Å². The van der Waals surface area contributed by atoms with Gasteiger partial charge in [-0.25, -0.2) is 4.98 Å². The largest absolute Gasteiger partial charge is 0.444 e. The second-order valence-corrected chi connectivity index (χ2v) is 7.57. The van der Waals surface area contributed by atoms with Gasteiger partial charge in [-0.1, -0.05) is 0 Å². The highest BCUT2D eigenvalue weighted by atomic mass is 127. The Bertz CT molecular complexity index is 584. The molecule has 0 spiro atoms. The molecule has 0 saturated carbocycles. The summed E-state index contributed by atoms with van der Waals surface area (Å²) < 4.78 is 16.2. The molecule has 2 rings (SSSR count). The fraction of sp³-hybridized carbons (Fsp3) is 0.810. The maximum Gasteiger partial charge on any atom is 0.208 e. The highest BCUT2D eigenvalue weighted by Gasteiger charge is 2.20. The third kappa shape index (κ3) is 10.4. The van der Waals surface area contributed by atoms with Crippen LogP contribution in [-0.4, -0.2) is 75.5 Å². The number of ether oxygens (including phenoxy) is 2. The van der Waals surface area contributed by atoms with Gasteiger partial charge in [0.1, 0.15) is 5.76 Å². The molecule has 0 radical (unpaired) electrons. The molecule has 0 amide bonds. The van der Waals surface area contributed by atoms with E-state index in [1.54, 1.807) is 7.11 Å². The fourth-order valence-electron chi connectivity index (χ4n) is 3.31. The number of methoxy groups -OCH3 is 1. The van der Waals surface area contributed by atoms with Crippen molar-refractivity contribution in [3.63, 3.8) is 0 Å². The zero-order chi connectivity index (χ0) is 20.9. The number of rotatable bonds is 12. The van der Waals surface area contributed by atoms with Gasteiger partial charge in [-0.05, 0) is 59.0 Å². The molecule has 2 N–H and O–H groups in total. The molecule has 0 aromatic carbocycles. The lowest BCUT2D eigenvalue weighted by Crippen LogP contribution is -2.39. The Morgan fingerprint density at radius 2 is 1.97 bits per heavy atom. The van der Waals surface area contributed by atoms with E-state index in [0.717, 1.165) is 88.4 Å². The third-order valence-electron chi connectivity index (χ3n) is 5.18. The maximum atomic E-state index is 5.72. The van der Waals surface area contributed by atoms with Crippen LogP contribution in [0.4, 0.5) is 0 Å². The van der Waals surface area contributed by atoms with Gasteiger partial charge in [0, 0.05) is 33.4 Å². The number of nitrogens with zero attached hydrogens (tertiary/aromatic N) is 3. The molecular weight excluding hydrogens is 497 g/mol. The normalized spacial score (nSPS) is 15.8. The smallest absolute Gasteiger partial charge is 0.208 e. The molecule has 30 heavy (non-hydrogen) atoms. The van der Waals surface area contributed by atoms with E-state index in [9.17, 15) is 0 Å². The summed E-state index contributed by atoms with van der Waals surface area (Å²) in [5.41, 5.74) is 0.995. The standard InChI is InChI=1S/C21H39N5O3.HI/c1-5-22-21(23-9-6-12-28-14-13-27-4)24-15-19-7-10-26(11-8-19)16-20-25-17(2)18(3)29-20;/h19H,5-16H2,1-4H3,(H2,22,23,24);1H. The van der Waals surface area contributed by atoms with Crippen LogP contribution >= 0.6 is 24.0 Å². The van der Waals surface area contributed by atoms with Gasteiger partial charge in [0.15, 0.2) is 5.96 Å². The highest BCUT2D eigenvalue weighted by molar-refractivity contribution is 14.0. The van der Waals surface area contributed by atoms with Crippen molar-refractivity contribution in [2.45, 2.75) is 46.6 Å². The van der Waals surface area contributed by atoms with Crippen molar-refractivity contribution in [2.24, 2.45) is 10.9 Å². The fourth-order valence-corrected chi connectivity index (χ4v) is 3.31. The molecule has 0 aliphatic carbocycles. The molecule has 0 bridgehead atoms. The van der Waals surface area contributed by atoms with Crippen molar-refractivity contribution in [3.05, 3.63) is 17.3 Å². The van der Waals surface area contributed by atoms with Gasteiger partial charge in [0.25, 0.3) is 0 Å². The minimum absolute atomic E-state index is 0. The molecule has 9 heteroatoms. The summed E-state index contributed by atoms with van der Waals surface area (Å²) in [6, 6.07) is 0. The van der Waals surface area contributed by atoms with E-state index in [-0.39, 0.29) is 24.0 Å². The molecule has 1 aliphatic heterocycles. The summed E-state index contributed by atoms with van der Waals surface area (Å²) in [5.74, 6) is 3.29. The van der Waals surface area contributed by atoms with Gasteiger partial charge >= 0.3 is 0 Å². The van der Waals surface area contributed by atoms with Crippen molar-refractivity contribution < 1.29 is 13.9 Å². The minimum atomic E-state index is 0. The van der Waals surface area contributed by atoms with Gasteiger partial charge in [0.05, 0.1) is 25.5 Å². The predicted molar refractivity (Wildman–Crippen MR) is 131 cm³/mol. The summed E-state index contributed by atoms with van der Waals surface area (Å²) in [6.45, 7) is 13.6. The van der Waals surface area contributed by atoms with E-state index in [2.05, 4.69) is 27.4 Å². The molecule has 8 nitrogen and oxygen atoms in total. The first-order valence-electron chi connectivity index (χ1n) is 10.9. The van der Waals surface area contributed by atoms with Crippen LogP contribution < -0.4 is 10.6 Å². The Morgan fingerprint density at radius 3 is 2.60 bits per heavy atom. The van der Waals surface area contributed by atoms with Crippen LogP contribution in [0.2, 0.25) is 0 Å². The lowest BCUT2D eigenvalue weighted by atomic mass is 9.97. The predicted octanol–water partition coefficient (Wildman–Crippen LogP) is 2.73. The Morgan fingerprint density at radius 1 is 1.20 bits per heavy atom. The van der Waals surface area contributed by atoms with Crippen molar-refractivity contribution in [1.29, 1.82) is 0 Å². The number of hydrogen-bond donors (Lipinski definition) is 2. The Balaban J connectivity index is 0.00000450. The first-order valence-corrected chi connectivity index (χ1v) is 10.9. The van der Waals surface area contributed by atoms with E-state index in [1.165, 1.54) is 0 Å². The Hall–Kier alpha value is -0.910.